The summed E-state index contributed by atoms with van der Waals surface area (Å²) in [5.41, 5.74) is 1.59. The highest BCUT2D eigenvalue weighted by molar-refractivity contribution is 5.94. The molecule has 0 aliphatic heterocycles. The van der Waals surface area contributed by atoms with Crippen molar-refractivity contribution in [1.29, 1.82) is 0 Å². The molecule has 1 aliphatic carbocycles. The summed E-state index contributed by atoms with van der Waals surface area (Å²) in [6.07, 6.45) is 8.80. The third-order valence-electron chi connectivity index (χ3n) is 4.09. The van der Waals surface area contributed by atoms with E-state index in [1.165, 1.54) is 32.1 Å². The molecule has 3 heteroatoms. The van der Waals surface area contributed by atoms with Crippen molar-refractivity contribution in [3.8, 4) is 5.69 Å². The van der Waals surface area contributed by atoms with Crippen LogP contribution in [0.3, 0.4) is 0 Å². The maximum atomic E-state index is 12.3. The average molecular weight is 268 g/mol. The van der Waals surface area contributed by atoms with Crippen LogP contribution in [-0.4, -0.2) is 15.6 Å². The summed E-state index contributed by atoms with van der Waals surface area (Å²) in [5.74, 6) is 0.754. The Morgan fingerprint density at radius 1 is 1.10 bits per heavy atom. The second-order valence-electron chi connectivity index (χ2n) is 5.61. The van der Waals surface area contributed by atoms with Crippen molar-refractivity contribution in [3.63, 3.8) is 0 Å². The zero-order valence-electron chi connectivity index (χ0n) is 11.7. The van der Waals surface area contributed by atoms with Gasteiger partial charge in [-0.25, -0.2) is 4.68 Å². The molecule has 1 saturated carbocycles. The number of para-hydroxylation sites is 1. The van der Waals surface area contributed by atoms with Crippen molar-refractivity contribution in [1.82, 2.24) is 9.78 Å². The predicted molar refractivity (Wildman–Crippen MR) is 79.1 cm³/mol. The van der Waals surface area contributed by atoms with E-state index in [0.717, 1.165) is 5.69 Å². The first kappa shape index (κ1) is 13.1. The van der Waals surface area contributed by atoms with Crippen molar-refractivity contribution in [2.75, 3.05) is 0 Å². The van der Waals surface area contributed by atoms with E-state index in [2.05, 4.69) is 5.10 Å². The second kappa shape index (κ2) is 6.04. The van der Waals surface area contributed by atoms with Gasteiger partial charge in [0, 0.05) is 12.6 Å². The van der Waals surface area contributed by atoms with Gasteiger partial charge in [0.1, 0.15) is 5.69 Å². The highest BCUT2D eigenvalue weighted by Gasteiger charge is 2.19. The Balaban J connectivity index is 1.68. The number of hydrogen-bond donors (Lipinski definition) is 0. The van der Waals surface area contributed by atoms with Crippen LogP contribution in [0.2, 0.25) is 0 Å². The Labute approximate surface area is 119 Å². The zero-order chi connectivity index (χ0) is 13.8. The van der Waals surface area contributed by atoms with Crippen LogP contribution >= 0.6 is 0 Å². The van der Waals surface area contributed by atoms with Gasteiger partial charge >= 0.3 is 0 Å². The molecule has 1 aliphatic rings. The lowest BCUT2D eigenvalue weighted by Gasteiger charge is -2.20. The second-order valence-corrected chi connectivity index (χ2v) is 5.61. The number of aromatic nitrogens is 2. The lowest BCUT2D eigenvalue weighted by molar-refractivity contribution is 0.0945. The van der Waals surface area contributed by atoms with Crippen molar-refractivity contribution in [2.24, 2.45) is 5.92 Å². The molecule has 0 unspecified atom stereocenters. The van der Waals surface area contributed by atoms with E-state index in [0.29, 0.717) is 18.0 Å². The van der Waals surface area contributed by atoms with Gasteiger partial charge in [-0.2, -0.15) is 5.10 Å². The van der Waals surface area contributed by atoms with E-state index in [9.17, 15) is 4.79 Å². The third kappa shape index (κ3) is 2.98. The topological polar surface area (TPSA) is 34.9 Å². The first-order chi connectivity index (χ1) is 9.83. The molecule has 0 atom stereocenters. The van der Waals surface area contributed by atoms with Crippen LogP contribution in [-0.2, 0) is 0 Å². The van der Waals surface area contributed by atoms with E-state index >= 15 is 0 Å². The fourth-order valence-electron chi connectivity index (χ4n) is 2.96. The van der Waals surface area contributed by atoms with Crippen LogP contribution in [0.1, 0.15) is 49.0 Å². The SMILES string of the molecule is O=C(CC1CCCCC1)c1ccn(-c2ccccc2)n1. The molecule has 0 spiro atoms. The van der Waals surface area contributed by atoms with Crippen LogP contribution in [0.15, 0.2) is 42.6 Å². The smallest absolute Gasteiger partial charge is 0.183 e. The fourth-order valence-corrected chi connectivity index (χ4v) is 2.96. The van der Waals surface area contributed by atoms with Gasteiger partial charge < -0.3 is 0 Å². The van der Waals surface area contributed by atoms with Gasteiger partial charge in [0.05, 0.1) is 5.69 Å². The van der Waals surface area contributed by atoms with Gasteiger partial charge in [-0.05, 0) is 24.1 Å². The summed E-state index contributed by atoms with van der Waals surface area (Å²) in [5, 5.41) is 4.41. The quantitative estimate of drug-likeness (QED) is 0.785. The molecule has 3 nitrogen and oxygen atoms in total. The van der Waals surface area contributed by atoms with Gasteiger partial charge in [-0.3, -0.25) is 4.79 Å². The number of ketones is 1. The first-order valence-corrected chi connectivity index (χ1v) is 7.47. The molecule has 0 saturated heterocycles. The molecular weight excluding hydrogens is 248 g/mol. The monoisotopic (exact) mass is 268 g/mol. The van der Waals surface area contributed by atoms with E-state index in [4.69, 9.17) is 0 Å². The van der Waals surface area contributed by atoms with Gasteiger partial charge in [-0.1, -0.05) is 50.3 Å². The summed E-state index contributed by atoms with van der Waals surface area (Å²) in [7, 11) is 0. The van der Waals surface area contributed by atoms with Crippen LogP contribution in [0.5, 0.6) is 0 Å². The fraction of sp³-hybridized carbons (Fsp3) is 0.412. The highest BCUT2D eigenvalue weighted by atomic mass is 16.1. The molecule has 1 fully saturated rings. The highest BCUT2D eigenvalue weighted by Crippen LogP contribution is 2.27. The van der Waals surface area contributed by atoms with Gasteiger partial charge in [0.2, 0.25) is 0 Å². The van der Waals surface area contributed by atoms with Gasteiger partial charge in [0.15, 0.2) is 5.78 Å². The van der Waals surface area contributed by atoms with Crippen molar-refractivity contribution < 1.29 is 4.79 Å². The average Bonchev–Trinajstić information content (AvgIpc) is 2.99. The van der Waals surface area contributed by atoms with Gasteiger partial charge in [0.25, 0.3) is 0 Å². The van der Waals surface area contributed by atoms with E-state index in [1.807, 2.05) is 42.6 Å². The molecule has 0 bridgehead atoms. The molecule has 0 N–H and O–H groups in total. The Bertz CT molecular complexity index is 568. The molecule has 0 amide bonds. The number of carbonyl (C=O) groups is 1. The molecule has 1 aromatic heterocycles. The van der Waals surface area contributed by atoms with E-state index in [-0.39, 0.29) is 5.78 Å². The normalized spacial score (nSPS) is 16.2. The molecule has 104 valence electrons. The minimum absolute atomic E-state index is 0.187. The number of rotatable bonds is 4. The Hall–Kier alpha value is -1.90. The Morgan fingerprint density at radius 2 is 1.85 bits per heavy atom. The summed E-state index contributed by atoms with van der Waals surface area (Å²) in [6.45, 7) is 0. The molecular formula is C17H20N2O. The molecule has 1 aromatic carbocycles. The largest absolute Gasteiger partial charge is 0.292 e. The summed E-state index contributed by atoms with van der Waals surface area (Å²) < 4.78 is 1.77. The molecule has 3 rings (SSSR count). The predicted octanol–water partition coefficient (Wildman–Crippen LogP) is 4.03. The minimum atomic E-state index is 0.187. The summed E-state index contributed by atoms with van der Waals surface area (Å²) >= 11 is 0. The van der Waals surface area contributed by atoms with Crippen molar-refractivity contribution >= 4 is 5.78 Å². The van der Waals surface area contributed by atoms with Gasteiger partial charge in [-0.15, -0.1) is 0 Å². The maximum absolute atomic E-state index is 12.3. The first-order valence-electron chi connectivity index (χ1n) is 7.47. The van der Waals surface area contributed by atoms with Crippen LogP contribution in [0.4, 0.5) is 0 Å². The Morgan fingerprint density at radius 3 is 2.60 bits per heavy atom. The Kier molecular flexibility index (Phi) is 3.95. The van der Waals surface area contributed by atoms with Crippen molar-refractivity contribution in [3.05, 3.63) is 48.3 Å². The summed E-state index contributed by atoms with van der Waals surface area (Å²) in [6, 6.07) is 11.7. The minimum Gasteiger partial charge on any atom is -0.292 e. The number of hydrogen-bond acceptors (Lipinski definition) is 2. The number of carbonyl (C=O) groups excluding carboxylic acids is 1. The maximum Gasteiger partial charge on any atom is 0.183 e. The lowest BCUT2D eigenvalue weighted by atomic mass is 9.85. The molecule has 1 heterocycles. The lowest BCUT2D eigenvalue weighted by Crippen LogP contribution is -2.13. The van der Waals surface area contributed by atoms with Crippen molar-refractivity contribution in [2.45, 2.75) is 38.5 Å². The van der Waals surface area contributed by atoms with Crippen LogP contribution in [0.25, 0.3) is 5.69 Å². The van der Waals surface area contributed by atoms with Crippen LogP contribution in [0, 0.1) is 5.92 Å². The zero-order valence-corrected chi connectivity index (χ0v) is 11.7. The standard InChI is InChI=1S/C17H20N2O/c20-17(13-14-7-3-1-4-8-14)16-11-12-19(18-16)15-9-5-2-6-10-15/h2,5-6,9-12,14H,1,3-4,7-8,13H2. The number of benzene rings is 1. The number of nitrogens with zero attached hydrogens (tertiary/aromatic N) is 2. The molecule has 0 radical (unpaired) electrons. The van der Waals surface area contributed by atoms with E-state index < -0.39 is 0 Å². The van der Waals surface area contributed by atoms with Crippen LogP contribution < -0.4 is 0 Å². The molecule has 20 heavy (non-hydrogen) atoms. The number of Topliss-reactive ketones (excluding diaryl/α,β-unsaturated/α-hetero) is 1. The summed E-state index contributed by atoms with van der Waals surface area (Å²) in [4.78, 5) is 12.3. The third-order valence-corrected chi connectivity index (χ3v) is 4.09. The molecule has 2 aromatic rings. The van der Waals surface area contributed by atoms with E-state index in [1.54, 1.807) is 4.68 Å².